The van der Waals surface area contributed by atoms with Crippen LogP contribution in [0.4, 0.5) is 5.69 Å². The van der Waals surface area contributed by atoms with Crippen LogP contribution in [0.5, 0.6) is 5.75 Å². The number of hydrogen-bond donors (Lipinski definition) is 0. The molecule has 0 saturated carbocycles. The van der Waals surface area contributed by atoms with Crippen LogP contribution in [-0.2, 0) is 16.0 Å². The summed E-state index contributed by atoms with van der Waals surface area (Å²) in [4.78, 5) is 34.7. The Hall–Kier alpha value is -3.20. The highest BCUT2D eigenvalue weighted by Gasteiger charge is 2.21. The molecule has 0 unspecified atom stereocenters. The first-order valence-corrected chi connectivity index (χ1v) is 8.48. The van der Waals surface area contributed by atoms with Crippen LogP contribution in [0.25, 0.3) is 0 Å². The van der Waals surface area contributed by atoms with Crippen LogP contribution < -0.4 is 4.74 Å². The summed E-state index contributed by atoms with van der Waals surface area (Å²) >= 11 is 0. The number of methoxy groups -OCH3 is 2. The van der Waals surface area contributed by atoms with Crippen molar-refractivity contribution in [2.75, 3.05) is 27.4 Å². The topological polar surface area (TPSA) is 110 Å². The lowest BCUT2D eigenvalue weighted by atomic mass is 10.1. The molecule has 0 aliphatic heterocycles. The quantitative estimate of drug-likeness (QED) is 0.280. The third kappa shape index (κ3) is 4.55. The third-order valence-electron chi connectivity index (χ3n) is 4.33. The van der Waals surface area contributed by atoms with Gasteiger partial charge in [-0.1, -0.05) is 0 Å². The first-order chi connectivity index (χ1) is 13.3. The predicted octanol–water partition coefficient (Wildman–Crippen LogP) is 2.71. The van der Waals surface area contributed by atoms with Crippen LogP contribution in [0.1, 0.15) is 32.1 Å². The summed E-state index contributed by atoms with van der Waals surface area (Å²) in [5, 5.41) is 11.3. The lowest BCUT2D eigenvalue weighted by molar-refractivity contribution is -0.385. The molecule has 1 aromatic heterocycles. The minimum absolute atomic E-state index is 0.0227. The van der Waals surface area contributed by atoms with Crippen molar-refractivity contribution in [1.82, 2.24) is 4.57 Å². The van der Waals surface area contributed by atoms with Gasteiger partial charge in [-0.15, -0.1) is 0 Å². The Morgan fingerprint density at radius 3 is 2.50 bits per heavy atom. The van der Waals surface area contributed by atoms with Crippen LogP contribution in [0, 0.1) is 24.0 Å². The number of ketones is 1. The van der Waals surface area contributed by atoms with Gasteiger partial charge in [0.05, 0.1) is 24.2 Å². The van der Waals surface area contributed by atoms with Gasteiger partial charge in [0.2, 0.25) is 5.78 Å². The number of Topliss-reactive ketones (excluding diaryl/α,β-unsaturated/α-hetero) is 1. The predicted molar refractivity (Wildman–Crippen MR) is 100 cm³/mol. The second-order valence-corrected chi connectivity index (χ2v) is 6.07. The zero-order valence-electron chi connectivity index (χ0n) is 16.2. The summed E-state index contributed by atoms with van der Waals surface area (Å²) in [6.45, 7) is 4.47. The number of nitro benzene ring substituents is 1. The summed E-state index contributed by atoms with van der Waals surface area (Å²) in [6, 6.07) is 5.43. The van der Waals surface area contributed by atoms with E-state index in [0.29, 0.717) is 18.7 Å². The number of benzene rings is 1. The average molecular weight is 390 g/mol. The van der Waals surface area contributed by atoms with Crippen molar-refractivity contribution in [2.45, 2.75) is 20.4 Å². The largest absolute Gasteiger partial charge is 0.478 e. The van der Waals surface area contributed by atoms with Gasteiger partial charge < -0.3 is 18.8 Å². The Bertz CT molecular complexity index is 902. The van der Waals surface area contributed by atoms with Crippen molar-refractivity contribution in [3.05, 3.63) is 56.9 Å². The minimum Gasteiger partial charge on any atom is -0.478 e. The molecule has 0 N–H and O–H groups in total. The lowest BCUT2D eigenvalue weighted by Gasteiger charge is -2.09. The highest BCUT2D eigenvalue weighted by atomic mass is 16.6. The molecule has 1 aromatic carbocycles. The van der Waals surface area contributed by atoms with Gasteiger partial charge in [0.25, 0.3) is 0 Å². The van der Waals surface area contributed by atoms with E-state index in [1.54, 1.807) is 13.2 Å². The van der Waals surface area contributed by atoms with Crippen molar-refractivity contribution in [3.63, 3.8) is 0 Å². The summed E-state index contributed by atoms with van der Waals surface area (Å²) in [6.07, 6.45) is 0. The first kappa shape index (κ1) is 21.1. The SMILES string of the molecule is COCCn1c(C)cc(C(=O)COc2ccc(C(=O)OC)cc2[N+](=O)[O-])c1C. The number of esters is 1. The van der Waals surface area contributed by atoms with Gasteiger partial charge in [-0.2, -0.15) is 0 Å². The summed E-state index contributed by atoms with van der Waals surface area (Å²) in [7, 11) is 2.78. The van der Waals surface area contributed by atoms with Gasteiger partial charge in [-0.05, 0) is 32.0 Å². The van der Waals surface area contributed by atoms with Crippen molar-refractivity contribution < 1.29 is 28.7 Å². The van der Waals surface area contributed by atoms with E-state index in [1.165, 1.54) is 19.2 Å². The highest BCUT2D eigenvalue weighted by molar-refractivity contribution is 5.98. The molecule has 0 amide bonds. The Morgan fingerprint density at radius 1 is 1.18 bits per heavy atom. The number of aromatic nitrogens is 1. The lowest BCUT2D eigenvalue weighted by Crippen LogP contribution is -2.14. The first-order valence-electron chi connectivity index (χ1n) is 8.48. The molecule has 150 valence electrons. The van der Waals surface area contributed by atoms with Crippen LogP contribution in [0.15, 0.2) is 24.3 Å². The zero-order chi connectivity index (χ0) is 20.8. The fourth-order valence-corrected chi connectivity index (χ4v) is 2.86. The van der Waals surface area contributed by atoms with E-state index in [0.717, 1.165) is 17.5 Å². The Balaban J connectivity index is 2.19. The van der Waals surface area contributed by atoms with Gasteiger partial charge in [0.1, 0.15) is 0 Å². The van der Waals surface area contributed by atoms with E-state index in [4.69, 9.17) is 9.47 Å². The van der Waals surface area contributed by atoms with E-state index in [1.807, 2.05) is 18.4 Å². The zero-order valence-corrected chi connectivity index (χ0v) is 16.2. The Kier molecular flexibility index (Phi) is 6.89. The molecule has 0 radical (unpaired) electrons. The maximum atomic E-state index is 12.6. The number of carbonyl (C=O) groups is 2. The van der Waals surface area contributed by atoms with Gasteiger partial charge >= 0.3 is 11.7 Å². The van der Waals surface area contributed by atoms with Gasteiger partial charge in [0.15, 0.2) is 12.4 Å². The van der Waals surface area contributed by atoms with E-state index >= 15 is 0 Å². The van der Waals surface area contributed by atoms with Gasteiger partial charge in [0, 0.05) is 36.7 Å². The molecule has 2 aromatic rings. The molecule has 9 heteroatoms. The molecule has 0 aliphatic rings. The molecular formula is C19H22N2O7. The number of rotatable bonds is 9. The Labute approximate surface area is 162 Å². The molecular weight excluding hydrogens is 368 g/mol. The maximum absolute atomic E-state index is 12.6. The number of nitro groups is 1. The number of ether oxygens (including phenoxy) is 3. The van der Waals surface area contributed by atoms with Crippen molar-refractivity contribution in [3.8, 4) is 5.75 Å². The molecule has 0 spiro atoms. The monoisotopic (exact) mass is 390 g/mol. The molecule has 0 atom stereocenters. The number of hydrogen-bond acceptors (Lipinski definition) is 7. The number of nitrogens with zero attached hydrogens (tertiary/aromatic N) is 2. The van der Waals surface area contributed by atoms with E-state index in [-0.39, 0.29) is 23.7 Å². The Morgan fingerprint density at radius 2 is 1.89 bits per heavy atom. The van der Waals surface area contributed by atoms with Crippen molar-refractivity contribution in [2.24, 2.45) is 0 Å². The molecule has 28 heavy (non-hydrogen) atoms. The fourth-order valence-electron chi connectivity index (χ4n) is 2.86. The fraction of sp³-hybridized carbons (Fsp3) is 0.368. The van der Waals surface area contributed by atoms with Crippen molar-refractivity contribution in [1.29, 1.82) is 0 Å². The average Bonchev–Trinajstić information content (AvgIpc) is 2.97. The van der Waals surface area contributed by atoms with Gasteiger partial charge in [-0.25, -0.2) is 4.79 Å². The maximum Gasteiger partial charge on any atom is 0.338 e. The molecule has 2 rings (SSSR count). The minimum atomic E-state index is -0.700. The molecule has 0 saturated heterocycles. The standard InChI is InChI=1S/C19H22N2O7/c1-12-9-15(13(2)20(12)7-8-26-3)17(22)11-28-18-6-5-14(19(23)27-4)10-16(18)21(24)25/h5-6,9-10H,7-8,11H2,1-4H3. The van der Waals surface area contributed by atoms with Crippen LogP contribution in [0.3, 0.4) is 0 Å². The van der Waals surface area contributed by atoms with Crippen LogP contribution in [0.2, 0.25) is 0 Å². The number of carbonyl (C=O) groups excluding carboxylic acids is 2. The van der Waals surface area contributed by atoms with Crippen LogP contribution in [-0.4, -0.2) is 48.7 Å². The third-order valence-corrected chi connectivity index (χ3v) is 4.33. The molecule has 0 fully saturated rings. The second kappa shape index (κ2) is 9.14. The van der Waals surface area contributed by atoms with Gasteiger partial charge in [-0.3, -0.25) is 14.9 Å². The van der Waals surface area contributed by atoms with E-state index < -0.39 is 16.6 Å². The van der Waals surface area contributed by atoms with E-state index in [9.17, 15) is 19.7 Å². The van der Waals surface area contributed by atoms with Crippen LogP contribution >= 0.6 is 0 Å². The summed E-state index contributed by atoms with van der Waals surface area (Å²) < 4.78 is 17.0. The molecule has 9 nitrogen and oxygen atoms in total. The molecule has 0 aliphatic carbocycles. The summed E-state index contributed by atoms with van der Waals surface area (Å²) in [5.74, 6) is -1.10. The van der Waals surface area contributed by atoms with Crippen molar-refractivity contribution >= 4 is 17.4 Å². The second-order valence-electron chi connectivity index (χ2n) is 6.07. The summed E-state index contributed by atoms with van der Waals surface area (Å²) in [5.41, 5.74) is 1.78. The molecule has 1 heterocycles. The molecule has 0 bridgehead atoms. The highest BCUT2D eigenvalue weighted by Crippen LogP contribution is 2.28. The number of aryl methyl sites for hydroxylation is 1. The normalized spacial score (nSPS) is 10.6. The smallest absolute Gasteiger partial charge is 0.338 e. The van der Waals surface area contributed by atoms with E-state index in [2.05, 4.69) is 4.74 Å².